The number of aryl methyl sites for hydroxylation is 1. The van der Waals surface area contributed by atoms with Gasteiger partial charge in [-0.1, -0.05) is 80.0 Å². The van der Waals surface area contributed by atoms with Gasteiger partial charge in [0.2, 0.25) is 0 Å². The van der Waals surface area contributed by atoms with Crippen molar-refractivity contribution < 1.29 is 14.7 Å². The van der Waals surface area contributed by atoms with Gasteiger partial charge in [-0.05, 0) is 62.7 Å². The molecule has 44 heavy (non-hydrogen) atoms. The maximum atomic E-state index is 12.9. The number of phenols is 1. The lowest BCUT2D eigenvalue weighted by Crippen LogP contribution is -2.27. The molecule has 0 aliphatic carbocycles. The van der Waals surface area contributed by atoms with Gasteiger partial charge in [0, 0.05) is 19.2 Å². The van der Waals surface area contributed by atoms with Crippen LogP contribution in [0.5, 0.6) is 5.75 Å². The first-order valence-electron chi connectivity index (χ1n) is 14.9. The highest BCUT2D eigenvalue weighted by atomic mass is 16.3. The Morgan fingerprint density at radius 1 is 0.886 bits per heavy atom. The Hall–Kier alpha value is -4.87. The van der Waals surface area contributed by atoms with Gasteiger partial charge in [-0.25, -0.2) is 19.9 Å². The first-order valence-corrected chi connectivity index (χ1v) is 14.9. The van der Waals surface area contributed by atoms with Gasteiger partial charge in [-0.3, -0.25) is 9.59 Å². The van der Waals surface area contributed by atoms with E-state index in [0.717, 1.165) is 35.1 Å². The first-order chi connectivity index (χ1) is 21.1. The zero-order chi connectivity index (χ0) is 32.9. The number of phenolic OH excluding ortho intramolecular Hbond substituents is 1. The Bertz CT molecular complexity index is 1590. The number of benzene rings is 2. The number of aromatic hydroxyl groups is 1. The molecule has 2 heterocycles. The van der Waals surface area contributed by atoms with Crippen molar-refractivity contribution in [1.82, 2.24) is 40.8 Å². The van der Waals surface area contributed by atoms with E-state index in [2.05, 4.69) is 36.1 Å². The van der Waals surface area contributed by atoms with Crippen LogP contribution in [-0.2, 0) is 24.9 Å². The fourth-order valence-corrected chi connectivity index (χ4v) is 4.25. The van der Waals surface area contributed by atoms with E-state index in [-0.39, 0.29) is 35.6 Å². The highest BCUT2D eigenvalue weighted by molar-refractivity contribution is 5.97. The van der Waals surface area contributed by atoms with Crippen molar-refractivity contribution in [1.29, 1.82) is 0 Å². The molecule has 0 aliphatic rings. The summed E-state index contributed by atoms with van der Waals surface area (Å²) in [7, 11) is 0. The van der Waals surface area contributed by atoms with E-state index in [0.29, 0.717) is 5.69 Å². The molecule has 0 fully saturated rings. The molecule has 4 N–H and O–H groups in total. The number of rotatable bonds is 9. The number of aromatic amines is 1. The normalized spacial score (nSPS) is 10.5. The standard InChI is InChI=1S/C28H32N8O4.2C2H6/c1-5-6-18-12-20(36-27(40)33-34-35-36)9-8-19(18)15-30-26(39)23-13-22(31-16-32-23)25(38)29-14-17-7-10-21(24(37)11-17)28(2,3)4;2*1-2/h7-13,16,37H,5-6,14-15H2,1-4H3,(H,29,38)(H,30,39)(H,33,35,40);2*1-2H3. The molecule has 12 heteroatoms. The predicted octanol–water partition coefficient (Wildman–Crippen LogP) is 4.61. The van der Waals surface area contributed by atoms with E-state index in [1.54, 1.807) is 12.1 Å². The van der Waals surface area contributed by atoms with Crippen molar-refractivity contribution in [3.05, 3.63) is 92.9 Å². The van der Waals surface area contributed by atoms with Crippen LogP contribution in [0.4, 0.5) is 0 Å². The molecule has 236 valence electrons. The van der Waals surface area contributed by atoms with Gasteiger partial charge < -0.3 is 15.7 Å². The number of amides is 2. The molecule has 0 saturated carbocycles. The van der Waals surface area contributed by atoms with Crippen LogP contribution in [0, 0.1) is 0 Å². The second-order valence-corrected chi connectivity index (χ2v) is 10.4. The first kappa shape index (κ1) is 35.3. The summed E-state index contributed by atoms with van der Waals surface area (Å²) >= 11 is 0. The zero-order valence-electron chi connectivity index (χ0n) is 26.9. The molecule has 2 aromatic heterocycles. The third kappa shape index (κ3) is 9.32. The van der Waals surface area contributed by atoms with Crippen LogP contribution in [0.3, 0.4) is 0 Å². The summed E-state index contributed by atoms with van der Waals surface area (Å²) in [5, 5.41) is 25.5. The fraction of sp³-hybridized carbons (Fsp3) is 0.406. The van der Waals surface area contributed by atoms with Crippen LogP contribution in [0.15, 0.2) is 53.6 Å². The second kappa shape index (κ2) is 16.7. The average Bonchev–Trinajstić information content (AvgIpc) is 3.46. The minimum absolute atomic E-state index is 0.0461. The van der Waals surface area contributed by atoms with Gasteiger partial charge >= 0.3 is 5.69 Å². The third-order valence-electron chi connectivity index (χ3n) is 6.32. The molecule has 0 spiro atoms. The number of nitrogens with zero attached hydrogens (tertiary/aromatic N) is 5. The highest BCUT2D eigenvalue weighted by Gasteiger charge is 2.19. The fourth-order valence-electron chi connectivity index (χ4n) is 4.25. The van der Waals surface area contributed by atoms with Crippen LogP contribution < -0.4 is 16.3 Å². The molecule has 0 aliphatic heterocycles. The van der Waals surface area contributed by atoms with Crippen LogP contribution >= 0.6 is 0 Å². The second-order valence-electron chi connectivity index (χ2n) is 10.4. The van der Waals surface area contributed by atoms with Gasteiger partial charge in [0.25, 0.3) is 11.8 Å². The number of carbonyl (C=O) groups is 2. The molecule has 4 aromatic rings. The van der Waals surface area contributed by atoms with Gasteiger partial charge in [0.1, 0.15) is 23.5 Å². The number of hydrogen-bond donors (Lipinski definition) is 4. The number of tetrazole rings is 1. The van der Waals surface area contributed by atoms with Crippen LogP contribution in [-0.4, -0.2) is 47.1 Å². The number of H-pyrrole nitrogens is 1. The van der Waals surface area contributed by atoms with E-state index in [1.165, 1.54) is 17.1 Å². The van der Waals surface area contributed by atoms with Crippen molar-refractivity contribution in [2.24, 2.45) is 0 Å². The highest BCUT2D eigenvalue weighted by Crippen LogP contribution is 2.31. The van der Waals surface area contributed by atoms with E-state index < -0.39 is 17.5 Å². The average molecular weight is 605 g/mol. The molecule has 4 rings (SSSR count). The lowest BCUT2D eigenvalue weighted by molar-refractivity contribution is 0.0944. The zero-order valence-corrected chi connectivity index (χ0v) is 26.9. The molecule has 0 atom stereocenters. The van der Waals surface area contributed by atoms with Crippen molar-refractivity contribution in [3.8, 4) is 11.4 Å². The van der Waals surface area contributed by atoms with Crippen molar-refractivity contribution in [3.63, 3.8) is 0 Å². The molecule has 0 saturated heterocycles. The van der Waals surface area contributed by atoms with E-state index in [1.807, 2.05) is 79.7 Å². The molecule has 0 unspecified atom stereocenters. The number of aromatic nitrogens is 6. The van der Waals surface area contributed by atoms with Crippen LogP contribution in [0.2, 0.25) is 0 Å². The summed E-state index contributed by atoms with van der Waals surface area (Å²) in [4.78, 5) is 45.5. The van der Waals surface area contributed by atoms with E-state index in [4.69, 9.17) is 0 Å². The summed E-state index contributed by atoms with van der Waals surface area (Å²) < 4.78 is 1.17. The smallest absolute Gasteiger partial charge is 0.365 e. The molecule has 2 amide bonds. The summed E-state index contributed by atoms with van der Waals surface area (Å²) in [6.45, 7) is 16.5. The molecule has 2 aromatic carbocycles. The van der Waals surface area contributed by atoms with Gasteiger partial charge in [0.15, 0.2) is 0 Å². The van der Waals surface area contributed by atoms with E-state index >= 15 is 0 Å². The van der Waals surface area contributed by atoms with Crippen molar-refractivity contribution in [2.75, 3.05) is 0 Å². The predicted molar refractivity (Wildman–Crippen MR) is 170 cm³/mol. The van der Waals surface area contributed by atoms with Crippen molar-refractivity contribution >= 4 is 11.8 Å². The summed E-state index contributed by atoms with van der Waals surface area (Å²) in [5.41, 5.74) is 3.41. The lowest BCUT2D eigenvalue weighted by Gasteiger charge is -2.20. The maximum Gasteiger partial charge on any atom is 0.365 e. The Morgan fingerprint density at radius 2 is 1.52 bits per heavy atom. The molecule has 0 radical (unpaired) electrons. The topological polar surface area (TPSA) is 168 Å². The van der Waals surface area contributed by atoms with Crippen molar-refractivity contribution in [2.45, 2.75) is 86.7 Å². The van der Waals surface area contributed by atoms with Crippen LogP contribution in [0.1, 0.15) is 105 Å². The Morgan fingerprint density at radius 3 is 2.07 bits per heavy atom. The minimum atomic E-state index is -0.472. The monoisotopic (exact) mass is 604 g/mol. The molecular weight excluding hydrogens is 560 g/mol. The quantitative estimate of drug-likeness (QED) is 0.215. The molecule has 0 bridgehead atoms. The largest absolute Gasteiger partial charge is 0.508 e. The molecule has 12 nitrogen and oxygen atoms in total. The number of carbonyl (C=O) groups excluding carboxylic acids is 2. The van der Waals surface area contributed by atoms with E-state index in [9.17, 15) is 19.5 Å². The van der Waals surface area contributed by atoms with Crippen LogP contribution in [0.25, 0.3) is 5.69 Å². The Kier molecular flexibility index (Phi) is 13.4. The molecular formula is C32H44N8O4. The maximum absolute atomic E-state index is 12.9. The number of nitrogens with one attached hydrogen (secondary N) is 3. The van der Waals surface area contributed by atoms with Gasteiger partial charge in [-0.15, -0.1) is 0 Å². The van der Waals surface area contributed by atoms with Gasteiger partial charge in [-0.2, -0.15) is 4.68 Å². The summed E-state index contributed by atoms with van der Waals surface area (Å²) in [6.07, 6.45) is 2.77. The Balaban J connectivity index is 0.00000162. The number of hydrogen-bond acceptors (Lipinski definition) is 8. The Labute approximate surface area is 258 Å². The lowest BCUT2D eigenvalue weighted by atomic mass is 9.86. The van der Waals surface area contributed by atoms with Gasteiger partial charge in [0.05, 0.1) is 5.69 Å². The summed E-state index contributed by atoms with van der Waals surface area (Å²) in [5.74, 6) is -0.762. The SMILES string of the molecule is CC.CC.CCCc1cc(-n2nn[nH]c2=O)ccc1CNC(=O)c1cc(C(=O)NCc2ccc(C(C)(C)C)c(O)c2)ncn1. The minimum Gasteiger partial charge on any atom is -0.508 e. The third-order valence-corrected chi connectivity index (χ3v) is 6.32. The summed E-state index contributed by atoms with van der Waals surface area (Å²) in [6, 6.07) is 12.1.